The van der Waals surface area contributed by atoms with Crippen molar-refractivity contribution in [3.05, 3.63) is 74.8 Å². The van der Waals surface area contributed by atoms with Gasteiger partial charge in [0.25, 0.3) is 11.5 Å². The van der Waals surface area contributed by atoms with Crippen molar-refractivity contribution in [3.63, 3.8) is 0 Å². The Balaban J connectivity index is 1.39. The van der Waals surface area contributed by atoms with E-state index in [1.807, 2.05) is 17.8 Å². The van der Waals surface area contributed by atoms with Crippen LogP contribution in [-0.2, 0) is 10.4 Å². The lowest BCUT2D eigenvalue weighted by molar-refractivity contribution is -0.140. The normalized spacial score (nSPS) is 22.5. The molecule has 1 saturated carbocycles. The Morgan fingerprint density at radius 1 is 1.05 bits per heavy atom. The monoisotopic (exact) mass is 526 g/mol. The Morgan fingerprint density at radius 3 is 2.38 bits per heavy atom. The fourth-order valence-corrected chi connectivity index (χ4v) is 6.58. The van der Waals surface area contributed by atoms with E-state index in [1.54, 1.807) is 28.8 Å². The number of fused-ring (bicyclic) bond motifs is 1. The van der Waals surface area contributed by atoms with Gasteiger partial charge in [-0.2, -0.15) is 11.8 Å². The van der Waals surface area contributed by atoms with Crippen molar-refractivity contribution >= 4 is 28.7 Å². The third-order valence-corrected chi connectivity index (χ3v) is 8.70. The van der Waals surface area contributed by atoms with E-state index in [1.165, 1.54) is 17.6 Å². The number of hydrogen-bond donors (Lipinski definition) is 2. The van der Waals surface area contributed by atoms with Crippen LogP contribution in [0, 0.1) is 5.82 Å². The summed E-state index contributed by atoms with van der Waals surface area (Å²) in [5, 5.41) is 13.9. The van der Waals surface area contributed by atoms with Crippen LogP contribution in [-0.4, -0.2) is 42.7 Å². The van der Waals surface area contributed by atoms with Gasteiger partial charge in [0.2, 0.25) is 0 Å². The van der Waals surface area contributed by atoms with Crippen molar-refractivity contribution in [3.8, 4) is 0 Å². The number of pyridine rings is 1. The number of nitrogens with zero attached hydrogens (tertiary/aromatic N) is 3. The molecule has 5 rings (SSSR count). The lowest BCUT2D eigenvalue weighted by atomic mass is 9.89. The zero-order valence-corrected chi connectivity index (χ0v) is 21.5. The highest BCUT2D eigenvalue weighted by Gasteiger charge is 2.35. The summed E-state index contributed by atoms with van der Waals surface area (Å²) >= 11 is 1.83. The van der Waals surface area contributed by atoms with Gasteiger partial charge in [-0.25, -0.2) is 14.2 Å². The predicted octanol–water partition coefficient (Wildman–Crippen LogP) is 3.27. The molecule has 1 saturated heterocycles. The summed E-state index contributed by atoms with van der Waals surface area (Å²) in [6.45, 7) is 1.47. The highest BCUT2D eigenvalue weighted by molar-refractivity contribution is 7.99. The SMILES string of the molecule is CC(O)(C(=O)NC1CCC(n2c(=O)c3cc(F)cnc3n(C3CCSCC3)c2=O)CC1)c1ccccc1. The van der Waals surface area contributed by atoms with E-state index in [4.69, 9.17) is 0 Å². The van der Waals surface area contributed by atoms with Crippen LogP contribution in [0.4, 0.5) is 4.39 Å². The number of thioether (sulfide) groups is 1. The lowest BCUT2D eigenvalue weighted by Gasteiger charge is -2.33. The highest BCUT2D eigenvalue weighted by atomic mass is 32.2. The third kappa shape index (κ3) is 4.96. The maximum Gasteiger partial charge on any atom is 0.333 e. The lowest BCUT2D eigenvalue weighted by Crippen LogP contribution is -2.49. The second-order valence-corrected chi connectivity index (χ2v) is 11.3. The van der Waals surface area contributed by atoms with Crippen molar-refractivity contribution < 1.29 is 14.3 Å². The number of benzene rings is 1. The molecule has 10 heteroatoms. The van der Waals surface area contributed by atoms with Gasteiger partial charge in [0.05, 0.1) is 11.6 Å². The Labute approximate surface area is 217 Å². The Kier molecular flexibility index (Phi) is 7.22. The summed E-state index contributed by atoms with van der Waals surface area (Å²) in [7, 11) is 0. The molecule has 2 fully saturated rings. The van der Waals surface area contributed by atoms with Gasteiger partial charge in [-0.15, -0.1) is 0 Å². The van der Waals surface area contributed by atoms with Crippen LogP contribution in [0.5, 0.6) is 0 Å². The summed E-state index contributed by atoms with van der Waals surface area (Å²) in [5.74, 6) is 0.731. The van der Waals surface area contributed by atoms with E-state index >= 15 is 0 Å². The summed E-state index contributed by atoms with van der Waals surface area (Å²) in [4.78, 5) is 44.2. The average Bonchev–Trinajstić information content (AvgIpc) is 2.91. The Morgan fingerprint density at radius 2 is 1.70 bits per heavy atom. The topological polar surface area (TPSA) is 106 Å². The fourth-order valence-electron chi connectivity index (χ4n) is 5.50. The van der Waals surface area contributed by atoms with Crippen molar-refractivity contribution in [2.24, 2.45) is 0 Å². The molecule has 0 spiro atoms. The predicted molar refractivity (Wildman–Crippen MR) is 141 cm³/mol. The van der Waals surface area contributed by atoms with E-state index in [9.17, 15) is 23.9 Å². The molecule has 0 radical (unpaired) electrons. The number of hydrogen-bond acceptors (Lipinski definition) is 6. The number of halogens is 1. The molecule has 8 nitrogen and oxygen atoms in total. The number of amides is 1. The van der Waals surface area contributed by atoms with Crippen LogP contribution in [0.25, 0.3) is 11.0 Å². The van der Waals surface area contributed by atoms with Crippen molar-refractivity contribution in [1.82, 2.24) is 19.4 Å². The van der Waals surface area contributed by atoms with Gasteiger partial charge >= 0.3 is 5.69 Å². The standard InChI is InChI=1S/C27H31FN4O4S/c1-27(36,17-5-3-2-4-6-17)25(34)30-19-7-9-20(10-8-19)32-24(33)22-15-18(28)16-29-23(22)31(26(32)35)21-11-13-37-14-12-21/h2-6,15-16,19-21,36H,7-14H2,1H3,(H,30,34). The number of nitrogens with one attached hydrogen (secondary N) is 1. The molecule has 2 N–H and O–H groups in total. The average molecular weight is 527 g/mol. The molecule has 1 atom stereocenters. The smallest absolute Gasteiger partial charge is 0.333 e. The molecule has 1 aromatic carbocycles. The molecule has 0 bridgehead atoms. The first-order chi connectivity index (χ1) is 17.8. The Bertz CT molecular complexity index is 1410. The molecule has 37 heavy (non-hydrogen) atoms. The van der Waals surface area contributed by atoms with Crippen LogP contribution in [0.2, 0.25) is 0 Å². The first-order valence-electron chi connectivity index (χ1n) is 12.8. The van der Waals surface area contributed by atoms with Gasteiger partial charge < -0.3 is 10.4 Å². The van der Waals surface area contributed by atoms with E-state index in [0.717, 1.165) is 30.5 Å². The number of rotatable bonds is 5. The summed E-state index contributed by atoms with van der Waals surface area (Å²) < 4.78 is 17.0. The minimum absolute atomic E-state index is 0.0862. The first-order valence-corrected chi connectivity index (χ1v) is 13.9. The second kappa shape index (κ2) is 10.4. The molecule has 3 aromatic rings. The van der Waals surface area contributed by atoms with Crippen LogP contribution in [0.3, 0.4) is 0 Å². The molecule has 1 amide bonds. The maximum absolute atomic E-state index is 14.1. The largest absolute Gasteiger partial charge is 0.376 e. The quantitative estimate of drug-likeness (QED) is 0.529. The molecule has 3 heterocycles. The molecule has 1 aliphatic heterocycles. The van der Waals surface area contributed by atoms with Gasteiger partial charge in [0.1, 0.15) is 11.5 Å². The van der Waals surface area contributed by atoms with Gasteiger partial charge in [0.15, 0.2) is 5.60 Å². The Hall–Kier alpha value is -2.98. The molecular formula is C27H31FN4O4S. The van der Waals surface area contributed by atoms with E-state index < -0.39 is 28.6 Å². The summed E-state index contributed by atoms with van der Waals surface area (Å²) in [6.07, 6.45) is 4.73. The third-order valence-electron chi connectivity index (χ3n) is 7.65. The van der Waals surface area contributed by atoms with Crippen molar-refractivity contribution in [2.45, 2.75) is 69.2 Å². The van der Waals surface area contributed by atoms with Gasteiger partial charge in [0, 0.05) is 18.1 Å². The number of carbonyl (C=O) groups excluding carboxylic acids is 1. The number of aromatic nitrogens is 3. The van der Waals surface area contributed by atoms with Crippen molar-refractivity contribution in [1.29, 1.82) is 0 Å². The zero-order chi connectivity index (χ0) is 26.2. The van der Waals surface area contributed by atoms with Crippen LogP contribution < -0.4 is 16.6 Å². The summed E-state index contributed by atoms with van der Waals surface area (Å²) in [6, 6.07) is 9.30. The maximum atomic E-state index is 14.1. The van der Waals surface area contributed by atoms with Crippen LogP contribution >= 0.6 is 11.8 Å². The molecule has 196 valence electrons. The van der Waals surface area contributed by atoms with Gasteiger partial charge in [-0.3, -0.25) is 18.7 Å². The first kappa shape index (κ1) is 25.7. The highest BCUT2D eigenvalue weighted by Crippen LogP contribution is 2.31. The van der Waals surface area contributed by atoms with Crippen LogP contribution in [0.15, 0.2) is 52.2 Å². The molecule has 1 unspecified atom stereocenters. The molecular weight excluding hydrogens is 495 g/mol. The molecule has 1 aliphatic carbocycles. The summed E-state index contributed by atoms with van der Waals surface area (Å²) in [5.41, 5.74) is -1.84. The fraction of sp³-hybridized carbons (Fsp3) is 0.481. The molecule has 2 aliphatic rings. The van der Waals surface area contributed by atoms with Crippen LogP contribution in [0.1, 0.15) is 63.1 Å². The second-order valence-electron chi connectivity index (χ2n) is 10.1. The zero-order valence-electron chi connectivity index (χ0n) is 20.7. The van der Waals surface area contributed by atoms with Crippen molar-refractivity contribution in [2.75, 3.05) is 11.5 Å². The van der Waals surface area contributed by atoms with Gasteiger partial charge in [-0.1, -0.05) is 30.3 Å². The van der Waals surface area contributed by atoms with E-state index in [0.29, 0.717) is 31.2 Å². The minimum atomic E-state index is -1.67. The van der Waals surface area contributed by atoms with E-state index in [-0.39, 0.29) is 29.2 Å². The van der Waals surface area contributed by atoms with E-state index in [2.05, 4.69) is 10.3 Å². The number of aliphatic hydroxyl groups is 1. The molecule has 2 aromatic heterocycles. The van der Waals surface area contributed by atoms with Gasteiger partial charge in [-0.05, 0) is 68.6 Å². The minimum Gasteiger partial charge on any atom is -0.376 e. The number of carbonyl (C=O) groups is 1.